The molecule has 0 fully saturated rings. The van der Waals surface area contributed by atoms with E-state index in [1.54, 1.807) is 0 Å². The minimum absolute atomic E-state index is 1.18. The maximum Gasteiger partial charge on any atom is -0.00158 e. The summed E-state index contributed by atoms with van der Waals surface area (Å²) in [7, 11) is 0. The highest BCUT2D eigenvalue weighted by atomic mass is 15.1. The number of hydrogen-bond donors (Lipinski definition) is 0. The molecule has 72 valence electrons. The summed E-state index contributed by atoms with van der Waals surface area (Å²) >= 11 is 0. The molecule has 0 aromatic rings. The van der Waals surface area contributed by atoms with Crippen LogP contribution < -0.4 is 0 Å². The summed E-state index contributed by atoms with van der Waals surface area (Å²) in [6.07, 6.45) is 3.71. The molecule has 0 heterocycles. The Balaban J connectivity index is 3.37. The molecule has 1 nitrogen and oxygen atoms in total. The molecule has 0 atom stereocenters. The van der Waals surface area contributed by atoms with Gasteiger partial charge in [0.05, 0.1) is 0 Å². The van der Waals surface area contributed by atoms with Crippen molar-refractivity contribution in [2.45, 2.75) is 40.0 Å². The van der Waals surface area contributed by atoms with Gasteiger partial charge in [0.2, 0.25) is 0 Å². The number of hydrogen-bond acceptors (Lipinski definition) is 1. The molecule has 0 aromatic heterocycles. The molecule has 0 N–H and O–H groups in total. The van der Waals surface area contributed by atoms with Gasteiger partial charge in [-0.3, -0.25) is 0 Å². The zero-order valence-electron chi connectivity index (χ0n) is 8.90. The first-order chi connectivity index (χ1) is 5.70. The van der Waals surface area contributed by atoms with Crippen LogP contribution in [0, 0.1) is 0 Å². The zero-order valence-corrected chi connectivity index (χ0v) is 8.90. The largest absolute Gasteiger partial charge is 0.304 e. The fourth-order valence-electron chi connectivity index (χ4n) is 1.35. The predicted molar refractivity (Wildman–Crippen MR) is 56.5 cm³/mol. The van der Waals surface area contributed by atoms with E-state index in [4.69, 9.17) is 0 Å². The predicted octanol–water partition coefficient (Wildman–Crippen LogP) is 3.07. The lowest BCUT2D eigenvalue weighted by Crippen LogP contribution is -2.25. The number of allylic oxidation sites excluding steroid dienone is 1. The molecule has 0 rings (SSSR count). The molecule has 12 heavy (non-hydrogen) atoms. The Morgan fingerprint density at radius 2 is 1.92 bits per heavy atom. The van der Waals surface area contributed by atoms with Gasteiger partial charge in [-0.1, -0.05) is 19.4 Å². The van der Waals surface area contributed by atoms with Gasteiger partial charge in [-0.15, -0.1) is 6.58 Å². The van der Waals surface area contributed by atoms with E-state index in [2.05, 4.69) is 32.3 Å². The number of rotatable bonds is 7. The molecule has 0 saturated heterocycles. The van der Waals surface area contributed by atoms with Crippen molar-refractivity contribution in [1.82, 2.24) is 4.90 Å². The summed E-state index contributed by atoms with van der Waals surface area (Å²) in [6.45, 7) is 14.1. The molecular formula is C11H23N. The summed E-state index contributed by atoms with van der Waals surface area (Å²) < 4.78 is 0. The third-order valence-corrected chi connectivity index (χ3v) is 2.06. The van der Waals surface area contributed by atoms with Crippen molar-refractivity contribution in [3.05, 3.63) is 12.2 Å². The van der Waals surface area contributed by atoms with Gasteiger partial charge < -0.3 is 4.90 Å². The second-order valence-electron chi connectivity index (χ2n) is 3.49. The second kappa shape index (κ2) is 7.35. The van der Waals surface area contributed by atoms with Gasteiger partial charge in [0.15, 0.2) is 0 Å². The van der Waals surface area contributed by atoms with Gasteiger partial charge in [0, 0.05) is 0 Å². The van der Waals surface area contributed by atoms with E-state index in [9.17, 15) is 0 Å². The van der Waals surface area contributed by atoms with Crippen molar-refractivity contribution < 1.29 is 0 Å². The molecule has 0 radical (unpaired) electrons. The van der Waals surface area contributed by atoms with Crippen LogP contribution in [0.2, 0.25) is 0 Å². The first-order valence-corrected chi connectivity index (χ1v) is 5.07. The van der Waals surface area contributed by atoms with Crippen molar-refractivity contribution in [2.24, 2.45) is 0 Å². The van der Waals surface area contributed by atoms with Crippen LogP contribution >= 0.6 is 0 Å². The second-order valence-corrected chi connectivity index (χ2v) is 3.49. The molecule has 0 aliphatic heterocycles. The molecule has 0 spiro atoms. The lowest BCUT2D eigenvalue weighted by atomic mass is 10.2. The molecule has 0 aromatic carbocycles. The van der Waals surface area contributed by atoms with E-state index in [1.165, 1.54) is 44.5 Å². The molecule has 0 bridgehead atoms. The van der Waals surface area contributed by atoms with Crippen LogP contribution in [0.3, 0.4) is 0 Å². The summed E-state index contributed by atoms with van der Waals surface area (Å²) in [4.78, 5) is 2.50. The summed E-state index contributed by atoms with van der Waals surface area (Å²) in [5.41, 5.74) is 1.31. The fourth-order valence-corrected chi connectivity index (χ4v) is 1.35. The molecule has 0 aliphatic rings. The van der Waals surface area contributed by atoms with Gasteiger partial charge in [0.25, 0.3) is 0 Å². The smallest absolute Gasteiger partial charge is 0.00158 e. The average Bonchev–Trinajstić information content (AvgIpc) is 2.02. The first kappa shape index (κ1) is 11.7. The van der Waals surface area contributed by atoms with Crippen molar-refractivity contribution in [3.63, 3.8) is 0 Å². The van der Waals surface area contributed by atoms with Crippen LogP contribution in [0.25, 0.3) is 0 Å². The van der Waals surface area contributed by atoms with Gasteiger partial charge in [-0.2, -0.15) is 0 Å². The van der Waals surface area contributed by atoms with E-state index < -0.39 is 0 Å². The van der Waals surface area contributed by atoms with Crippen LogP contribution in [-0.4, -0.2) is 24.5 Å². The lowest BCUT2D eigenvalue weighted by molar-refractivity contribution is 0.285. The van der Waals surface area contributed by atoms with Crippen molar-refractivity contribution in [1.29, 1.82) is 0 Å². The summed E-state index contributed by atoms with van der Waals surface area (Å²) in [5, 5.41) is 0. The standard InChI is InChI=1S/C11H23N/c1-5-9-12(6-2)10-7-8-11(3)4/h3,5-10H2,1-2,4H3. The van der Waals surface area contributed by atoms with E-state index in [0.29, 0.717) is 0 Å². The van der Waals surface area contributed by atoms with Crippen molar-refractivity contribution in [3.8, 4) is 0 Å². The molecular weight excluding hydrogens is 146 g/mol. The fraction of sp³-hybridized carbons (Fsp3) is 0.818. The van der Waals surface area contributed by atoms with Crippen LogP contribution in [-0.2, 0) is 0 Å². The summed E-state index contributed by atoms with van der Waals surface area (Å²) in [6, 6.07) is 0. The molecule has 0 amide bonds. The normalized spacial score (nSPS) is 10.7. The quantitative estimate of drug-likeness (QED) is 0.529. The first-order valence-electron chi connectivity index (χ1n) is 5.07. The van der Waals surface area contributed by atoms with Crippen LogP contribution in [0.5, 0.6) is 0 Å². The summed E-state index contributed by atoms with van der Waals surface area (Å²) in [5.74, 6) is 0. The minimum Gasteiger partial charge on any atom is -0.304 e. The van der Waals surface area contributed by atoms with Crippen LogP contribution in [0.1, 0.15) is 40.0 Å². The van der Waals surface area contributed by atoms with Crippen molar-refractivity contribution in [2.75, 3.05) is 19.6 Å². The maximum absolute atomic E-state index is 3.91. The SMILES string of the molecule is C=C(C)CCCN(CC)CCC. The highest BCUT2D eigenvalue weighted by molar-refractivity contribution is 4.87. The Morgan fingerprint density at radius 1 is 1.25 bits per heavy atom. The van der Waals surface area contributed by atoms with E-state index in [-0.39, 0.29) is 0 Å². The zero-order chi connectivity index (χ0) is 9.40. The third kappa shape index (κ3) is 6.41. The van der Waals surface area contributed by atoms with E-state index in [1.807, 2.05) is 0 Å². The lowest BCUT2D eigenvalue weighted by Gasteiger charge is -2.18. The highest BCUT2D eigenvalue weighted by Crippen LogP contribution is 2.02. The Morgan fingerprint density at radius 3 is 2.33 bits per heavy atom. The number of nitrogens with zero attached hydrogens (tertiary/aromatic N) is 1. The van der Waals surface area contributed by atoms with Gasteiger partial charge in [0.1, 0.15) is 0 Å². The van der Waals surface area contributed by atoms with Gasteiger partial charge >= 0.3 is 0 Å². The van der Waals surface area contributed by atoms with Crippen molar-refractivity contribution >= 4 is 0 Å². The highest BCUT2D eigenvalue weighted by Gasteiger charge is 1.99. The van der Waals surface area contributed by atoms with E-state index in [0.717, 1.165) is 0 Å². The molecule has 1 heteroatoms. The monoisotopic (exact) mass is 169 g/mol. The van der Waals surface area contributed by atoms with Crippen LogP contribution in [0.4, 0.5) is 0 Å². The Labute approximate surface area is 77.5 Å². The Kier molecular flexibility index (Phi) is 7.17. The van der Waals surface area contributed by atoms with Crippen LogP contribution in [0.15, 0.2) is 12.2 Å². The van der Waals surface area contributed by atoms with E-state index >= 15 is 0 Å². The Hall–Kier alpha value is -0.300. The molecule has 0 aliphatic carbocycles. The molecule has 0 saturated carbocycles. The minimum atomic E-state index is 1.18. The molecule has 0 unspecified atom stereocenters. The van der Waals surface area contributed by atoms with Gasteiger partial charge in [-0.05, 0) is 45.8 Å². The average molecular weight is 169 g/mol. The third-order valence-electron chi connectivity index (χ3n) is 2.06. The maximum atomic E-state index is 3.91. The topological polar surface area (TPSA) is 3.24 Å². The van der Waals surface area contributed by atoms with Gasteiger partial charge in [-0.25, -0.2) is 0 Å². The Bertz CT molecular complexity index is 118.